The molecule has 0 N–H and O–H groups in total. The molecule has 0 fully saturated rings. The number of allylic oxidation sites excluding steroid dienone is 1. The van der Waals surface area contributed by atoms with Crippen LogP contribution in [0.5, 0.6) is 17.2 Å². The second-order valence-corrected chi connectivity index (χ2v) is 10.9. The van der Waals surface area contributed by atoms with Crippen molar-refractivity contribution in [1.82, 2.24) is 4.57 Å². The molecular formula is C28H29IN2O6S. The van der Waals surface area contributed by atoms with Crippen LogP contribution in [0.2, 0.25) is 0 Å². The van der Waals surface area contributed by atoms with Crippen LogP contribution in [0.15, 0.2) is 57.5 Å². The van der Waals surface area contributed by atoms with Gasteiger partial charge in [-0.15, -0.1) is 0 Å². The van der Waals surface area contributed by atoms with Crippen LogP contribution in [0.4, 0.5) is 0 Å². The number of hydrogen-bond acceptors (Lipinski definition) is 8. The summed E-state index contributed by atoms with van der Waals surface area (Å²) in [4.78, 5) is 32.3. The Labute approximate surface area is 238 Å². The van der Waals surface area contributed by atoms with Crippen molar-refractivity contribution < 1.29 is 23.7 Å². The lowest BCUT2D eigenvalue weighted by Crippen LogP contribution is -2.40. The van der Waals surface area contributed by atoms with Gasteiger partial charge in [0.2, 0.25) is 0 Å². The van der Waals surface area contributed by atoms with Gasteiger partial charge < -0.3 is 18.9 Å². The van der Waals surface area contributed by atoms with Gasteiger partial charge in [-0.25, -0.2) is 9.79 Å². The number of nitrogens with zero attached hydrogens (tertiary/aromatic N) is 2. The molecule has 38 heavy (non-hydrogen) atoms. The molecule has 10 heteroatoms. The maximum Gasteiger partial charge on any atom is 0.338 e. The lowest BCUT2D eigenvalue weighted by molar-refractivity contribution is -0.143. The lowest BCUT2D eigenvalue weighted by Gasteiger charge is -2.25. The summed E-state index contributed by atoms with van der Waals surface area (Å²) >= 11 is 3.44. The van der Waals surface area contributed by atoms with E-state index in [9.17, 15) is 9.59 Å². The first-order valence-electron chi connectivity index (χ1n) is 12.1. The van der Waals surface area contributed by atoms with Gasteiger partial charge in [0.15, 0.2) is 16.3 Å². The highest BCUT2D eigenvalue weighted by molar-refractivity contribution is 14.1. The quantitative estimate of drug-likeness (QED) is 0.269. The molecule has 1 aromatic heterocycles. The molecule has 0 saturated heterocycles. The second kappa shape index (κ2) is 11.7. The standard InChI is InChI=1S/C28H29IN2O6S/c1-7-36-19-10-8-18(9-11-19)24-23(27(33)37-15(2)3)16(4)30-28-31(24)26(32)22(38-28)14-17-12-20(29)25(35-6)21(13-17)34-5/h8-15,24H,7H2,1-6H3/b22-14+/t24-/m1/s1. The number of ether oxygens (including phenoxy) is 4. The van der Waals surface area contributed by atoms with E-state index in [1.165, 1.54) is 11.3 Å². The monoisotopic (exact) mass is 648 g/mol. The molecular weight excluding hydrogens is 619 g/mol. The molecule has 8 nitrogen and oxygen atoms in total. The van der Waals surface area contributed by atoms with Crippen LogP contribution in [0.3, 0.4) is 0 Å². The maximum absolute atomic E-state index is 13.9. The van der Waals surface area contributed by atoms with E-state index in [4.69, 9.17) is 18.9 Å². The largest absolute Gasteiger partial charge is 0.494 e. The fourth-order valence-corrected chi connectivity index (χ4v) is 6.15. The van der Waals surface area contributed by atoms with Crippen LogP contribution < -0.4 is 29.1 Å². The predicted octanol–water partition coefficient (Wildman–Crippen LogP) is 4.21. The Hall–Kier alpha value is -3.12. The molecule has 4 rings (SSSR count). The summed E-state index contributed by atoms with van der Waals surface area (Å²) in [6.45, 7) is 7.80. The van der Waals surface area contributed by atoms with E-state index >= 15 is 0 Å². The fourth-order valence-electron chi connectivity index (χ4n) is 4.26. The van der Waals surface area contributed by atoms with Crippen LogP contribution in [0.1, 0.15) is 44.9 Å². The third-order valence-electron chi connectivity index (χ3n) is 5.84. The van der Waals surface area contributed by atoms with E-state index in [2.05, 4.69) is 27.6 Å². The molecule has 1 aliphatic rings. The van der Waals surface area contributed by atoms with Crippen LogP contribution in [0.25, 0.3) is 6.08 Å². The summed E-state index contributed by atoms with van der Waals surface area (Å²) in [7, 11) is 3.16. The third kappa shape index (κ3) is 5.51. The van der Waals surface area contributed by atoms with Gasteiger partial charge in [0.05, 0.1) is 52.3 Å². The highest BCUT2D eigenvalue weighted by Crippen LogP contribution is 2.34. The lowest BCUT2D eigenvalue weighted by atomic mass is 9.96. The van der Waals surface area contributed by atoms with Crippen molar-refractivity contribution in [2.75, 3.05) is 20.8 Å². The Balaban J connectivity index is 1.91. The topological polar surface area (TPSA) is 88.4 Å². The van der Waals surface area contributed by atoms with E-state index < -0.39 is 12.0 Å². The van der Waals surface area contributed by atoms with E-state index in [0.29, 0.717) is 44.5 Å². The second-order valence-electron chi connectivity index (χ2n) is 8.78. The molecule has 1 aliphatic heterocycles. The molecule has 3 aromatic rings. The minimum absolute atomic E-state index is 0.250. The van der Waals surface area contributed by atoms with Crippen molar-refractivity contribution in [2.24, 2.45) is 4.99 Å². The fraction of sp³-hybridized carbons (Fsp3) is 0.321. The molecule has 0 bridgehead atoms. The molecule has 0 spiro atoms. The number of halogens is 1. The number of carbonyl (C=O) groups is 1. The van der Waals surface area contributed by atoms with Gasteiger partial charge in [-0.05, 0) is 91.8 Å². The van der Waals surface area contributed by atoms with Crippen molar-refractivity contribution in [2.45, 2.75) is 39.8 Å². The first kappa shape index (κ1) is 27.9. The van der Waals surface area contributed by atoms with Crippen molar-refractivity contribution in [3.63, 3.8) is 0 Å². The Kier molecular flexibility index (Phi) is 8.61. The van der Waals surface area contributed by atoms with Gasteiger partial charge in [-0.2, -0.15) is 0 Å². The number of carbonyl (C=O) groups excluding carboxylic acids is 1. The Morgan fingerprint density at radius 3 is 2.50 bits per heavy atom. The van der Waals surface area contributed by atoms with Gasteiger partial charge in [-0.3, -0.25) is 9.36 Å². The number of benzene rings is 2. The molecule has 200 valence electrons. The number of methoxy groups -OCH3 is 2. The van der Waals surface area contributed by atoms with Gasteiger partial charge in [0, 0.05) is 0 Å². The number of rotatable bonds is 8. The molecule has 2 aromatic carbocycles. The number of thiazole rings is 1. The highest BCUT2D eigenvalue weighted by Gasteiger charge is 2.33. The van der Waals surface area contributed by atoms with Crippen molar-refractivity contribution in [3.05, 3.63) is 82.1 Å². The number of fused-ring (bicyclic) bond motifs is 1. The number of esters is 1. The van der Waals surface area contributed by atoms with Gasteiger partial charge >= 0.3 is 5.97 Å². The molecule has 1 atom stereocenters. The smallest absolute Gasteiger partial charge is 0.338 e. The SMILES string of the molecule is CCOc1ccc([C@@H]2C(C(=O)OC(C)C)=C(C)N=c3s/c(=C/c4cc(I)c(OC)c(OC)c4)c(=O)n32)cc1. The summed E-state index contributed by atoms with van der Waals surface area (Å²) in [5, 5.41) is 0. The maximum atomic E-state index is 13.9. The molecule has 0 unspecified atom stereocenters. The van der Waals surface area contributed by atoms with E-state index in [-0.39, 0.29) is 11.7 Å². The zero-order valence-corrected chi connectivity index (χ0v) is 25.0. The van der Waals surface area contributed by atoms with Crippen molar-refractivity contribution >= 4 is 46.0 Å². The minimum atomic E-state index is -0.694. The minimum Gasteiger partial charge on any atom is -0.494 e. The van der Waals surface area contributed by atoms with Crippen LogP contribution in [-0.4, -0.2) is 37.5 Å². The Morgan fingerprint density at radius 1 is 1.18 bits per heavy atom. The summed E-state index contributed by atoms with van der Waals surface area (Å²) < 4.78 is 25.0. The normalized spacial score (nSPS) is 15.3. The first-order valence-corrected chi connectivity index (χ1v) is 14.0. The summed E-state index contributed by atoms with van der Waals surface area (Å²) in [5.74, 6) is 1.41. The third-order valence-corrected chi connectivity index (χ3v) is 7.63. The Bertz CT molecular complexity index is 1570. The average molecular weight is 649 g/mol. The highest BCUT2D eigenvalue weighted by atomic mass is 127. The first-order chi connectivity index (χ1) is 18.2. The molecule has 0 amide bonds. The summed E-state index contributed by atoms with van der Waals surface area (Å²) in [6, 6.07) is 10.4. The van der Waals surface area contributed by atoms with Crippen molar-refractivity contribution in [3.8, 4) is 17.2 Å². The summed E-state index contributed by atoms with van der Waals surface area (Å²) in [6.07, 6.45) is 1.48. The number of hydrogen-bond donors (Lipinski definition) is 0. The molecule has 0 radical (unpaired) electrons. The Morgan fingerprint density at radius 2 is 1.89 bits per heavy atom. The molecule has 0 aliphatic carbocycles. The summed E-state index contributed by atoms with van der Waals surface area (Å²) in [5.41, 5.74) is 2.14. The zero-order valence-electron chi connectivity index (χ0n) is 22.0. The van der Waals surface area contributed by atoms with E-state index in [0.717, 1.165) is 14.7 Å². The average Bonchev–Trinajstić information content (AvgIpc) is 3.17. The molecule has 0 saturated carbocycles. The number of aromatic nitrogens is 1. The van der Waals surface area contributed by atoms with Gasteiger partial charge in [0.25, 0.3) is 5.56 Å². The van der Waals surface area contributed by atoms with E-state index in [1.54, 1.807) is 45.6 Å². The molecule has 2 heterocycles. The van der Waals surface area contributed by atoms with Gasteiger partial charge in [0.1, 0.15) is 5.75 Å². The van der Waals surface area contributed by atoms with E-state index in [1.807, 2.05) is 43.3 Å². The predicted molar refractivity (Wildman–Crippen MR) is 155 cm³/mol. The van der Waals surface area contributed by atoms with Crippen LogP contribution >= 0.6 is 33.9 Å². The van der Waals surface area contributed by atoms with Crippen LogP contribution in [-0.2, 0) is 9.53 Å². The van der Waals surface area contributed by atoms with Crippen LogP contribution in [0, 0.1) is 3.57 Å². The van der Waals surface area contributed by atoms with Gasteiger partial charge in [-0.1, -0.05) is 23.5 Å². The van der Waals surface area contributed by atoms with Crippen molar-refractivity contribution in [1.29, 1.82) is 0 Å². The zero-order chi connectivity index (χ0) is 27.6.